The summed E-state index contributed by atoms with van der Waals surface area (Å²) < 4.78 is 5.19. The summed E-state index contributed by atoms with van der Waals surface area (Å²) in [7, 11) is 1.57. The topological polar surface area (TPSA) is 58.6 Å². The Hall–Kier alpha value is -2.30. The third kappa shape index (κ3) is 2.82. The third-order valence-corrected chi connectivity index (χ3v) is 3.29. The second-order valence-electron chi connectivity index (χ2n) is 4.77. The van der Waals surface area contributed by atoms with Gasteiger partial charge in [-0.05, 0) is 12.1 Å². The number of amides is 2. The molecule has 1 aromatic rings. The quantitative estimate of drug-likeness (QED) is 0.856. The predicted octanol–water partition coefficient (Wildman–Crippen LogP) is 2.19. The summed E-state index contributed by atoms with van der Waals surface area (Å²) in [4.78, 5) is 25.0. The van der Waals surface area contributed by atoms with Crippen LogP contribution in [0.4, 0.5) is 11.4 Å². The van der Waals surface area contributed by atoms with Crippen LogP contribution in [-0.4, -0.2) is 25.5 Å². The molecule has 0 saturated carbocycles. The van der Waals surface area contributed by atoms with E-state index < -0.39 is 0 Å². The highest BCUT2D eigenvalue weighted by Gasteiger charge is 2.30. The van der Waals surface area contributed by atoms with E-state index in [9.17, 15) is 9.59 Å². The minimum absolute atomic E-state index is 0.0229. The van der Waals surface area contributed by atoms with Crippen molar-refractivity contribution in [2.45, 2.75) is 13.3 Å². The Morgan fingerprint density at radius 2 is 2.30 bits per heavy atom. The van der Waals surface area contributed by atoms with Gasteiger partial charge in [-0.3, -0.25) is 9.59 Å². The van der Waals surface area contributed by atoms with Gasteiger partial charge in [-0.25, -0.2) is 0 Å². The number of anilines is 2. The number of methoxy groups -OCH3 is 1. The first-order valence-corrected chi connectivity index (χ1v) is 6.43. The highest BCUT2D eigenvalue weighted by Crippen LogP contribution is 2.34. The average molecular weight is 274 g/mol. The van der Waals surface area contributed by atoms with E-state index >= 15 is 0 Å². The van der Waals surface area contributed by atoms with Gasteiger partial charge in [0, 0.05) is 31.9 Å². The van der Waals surface area contributed by atoms with Crippen molar-refractivity contribution in [3.63, 3.8) is 0 Å². The molecule has 1 heterocycles. The summed E-state index contributed by atoms with van der Waals surface area (Å²) in [5, 5.41) is 2.74. The van der Waals surface area contributed by atoms with Gasteiger partial charge in [-0.2, -0.15) is 0 Å². The lowest BCUT2D eigenvalue weighted by molar-refractivity contribution is -0.117. The molecule has 0 aromatic heterocycles. The Labute approximate surface area is 118 Å². The molecule has 1 aromatic carbocycles. The average Bonchev–Trinajstić information content (AvgIpc) is 2.80. The van der Waals surface area contributed by atoms with Crippen LogP contribution >= 0.6 is 0 Å². The van der Waals surface area contributed by atoms with Crippen molar-refractivity contribution in [3.8, 4) is 5.75 Å². The first-order valence-electron chi connectivity index (χ1n) is 6.43. The van der Waals surface area contributed by atoms with Gasteiger partial charge in [0.2, 0.25) is 11.8 Å². The molecule has 1 atom stereocenters. The lowest BCUT2D eigenvalue weighted by Gasteiger charge is -2.21. The molecule has 1 fully saturated rings. The van der Waals surface area contributed by atoms with Crippen molar-refractivity contribution in [3.05, 3.63) is 30.9 Å². The molecule has 5 heteroatoms. The van der Waals surface area contributed by atoms with Gasteiger partial charge in [-0.1, -0.05) is 6.08 Å². The van der Waals surface area contributed by atoms with E-state index in [-0.39, 0.29) is 17.7 Å². The van der Waals surface area contributed by atoms with Crippen LogP contribution in [0.1, 0.15) is 13.3 Å². The van der Waals surface area contributed by atoms with Crippen molar-refractivity contribution in [2.75, 3.05) is 23.9 Å². The maximum Gasteiger partial charge on any atom is 0.227 e. The molecule has 0 aliphatic carbocycles. The molecule has 1 aliphatic heterocycles. The summed E-state index contributed by atoms with van der Waals surface area (Å²) in [6, 6.07) is 5.25. The molecule has 0 bridgehead atoms. The molecule has 2 rings (SSSR count). The summed E-state index contributed by atoms with van der Waals surface area (Å²) in [6.07, 6.45) is 2.23. The molecule has 0 spiro atoms. The fourth-order valence-electron chi connectivity index (χ4n) is 2.28. The van der Waals surface area contributed by atoms with Gasteiger partial charge in [0.25, 0.3) is 0 Å². The number of benzene rings is 1. The van der Waals surface area contributed by atoms with Crippen molar-refractivity contribution in [2.24, 2.45) is 5.92 Å². The number of ether oxygens (including phenoxy) is 1. The molecule has 2 amide bonds. The van der Waals surface area contributed by atoms with E-state index in [1.807, 2.05) is 0 Å². The molecule has 1 N–H and O–H groups in total. The van der Waals surface area contributed by atoms with E-state index in [0.29, 0.717) is 30.1 Å². The van der Waals surface area contributed by atoms with Gasteiger partial charge < -0.3 is 15.0 Å². The molecule has 1 unspecified atom stereocenters. The Morgan fingerprint density at radius 1 is 1.55 bits per heavy atom. The summed E-state index contributed by atoms with van der Waals surface area (Å²) in [5.41, 5.74) is 1.27. The fourth-order valence-corrected chi connectivity index (χ4v) is 2.28. The largest absolute Gasteiger partial charge is 0.497 e. The molecule has 20 heavy (non-hydrogen) atoms. The minimum Gasteiger partial charge on any atom is -0.497 e. The first-order chi connectivity index (χ1) is 9.55. The number of carbonyl (C=O) groups is 2. The highest BCUT2D eigenvalue weighted by molar-refractivity contribution is 6.02. The Bertz CT molecular complexity index is 554. The molecule has 5 nitrogen and oxygen atoms in total. The van der Waals surface area contributed by atoms with Crippen LogP contribution < -0.4 is 15.0 Å². The predicted molar refractivity (Wildman–Crippen MR) is 78.0 cm³/mol. The van der Waals surface area contributed by atoms with E-state index in [2.05, 4.69) is 11.9 Å². The number of hydrogen-bond acceptors (Lipinski definition) is 3. The fraction of sp³-hybridized carbons (Fsp3) is 0.333. The van der Waals surface area contributed by atoms with Crippen LogP contribution in [0.2, 0.25) is 0 Å². The second-order valence-corrected chi connectivity index (χ2v) is 4.77. The van der Waals surface area contributed by atoms with E-state index in [1.165, 1.54) is 6.92 Å². The summed E-state index contributed by atoms with van der Waals surface area (Å²) >= 11 is 0. The zero-order valence-corrected chi connectivity index (χ0v) is 11.7. The number of rotatable bonds is 4. The molecule has 0 radical (unpaired) electrons. The number of nitrogens with zero attached hydrogens (tertiary/aromatic N) is 1. The van der Waals surface area contributed by atoms with Crippen molar-refractivity contribution in [1.82, 2.24) is 0 Å². The zero-order valence-electron chi connectivity index (χ0n) is 11.7. The smallest absolute Gasteiger partial charge is 0.227 e. The molecular weight excluding hydrogens is 256 g/mol. The van der Waals surface area contributed by atoms with E-state index in [4.69, 9.17) is 4.74 Å². The SMILES string of the molecule is C=CC1CC(=O)N(c2cc(OC)ccc2NC(C)=O)C1. The Kier molecular flexibility index (Phi) is 4.08. The van der Waals surface area contributed by atoms with Crippen LogP contribution in [0.25, 0.3) is 0 Å². The highest BCUT2D eigenvalue weighted by atomic mass is 16.5. The van der Waals surface area contributed by atoms with Crippen LogP contribution in [0.3, 0.4) is 0 Å². The normalized spacial score (nSPS) is 18.0. The summed E-state index contributed by atoms with van der Waals surface area (Å²) in [6.45, 7) is 5.74. The van der Waals surface area contributed by atoms with Crippen LogP contribution in [0.5, 0.6) is 5.75 Å². The molecule has 106 valence electrons. The van der Waals surface area contributed by atoms with Gasteiger partial charge in [0.05, 0.1) is 18.5 Å². The molecular formula is C15H18N2O3. The maximum absolute atomic E-state index is 12.1. The Balaban J connectivity index is 2.39. The van der Waals surface area contributed by atoms with Gasteiger partial charge in [0.15, 0.2) is 0 Å². The molecule has 1 saturated heterocycles. The number of hydrogen-bond donors (Lipinski definition) is 1. The zero-order chi connectivity index (χ0) is 14.7. The van der Waals surface area contributed by atoms with Gasteiger partial charge in [-0.15, -0.1) is 6.58 Å². The lowest BCUT2D eigenvalue weighted by atomic mass is 10.1. The van der Waals surface area contributed by atoms with Crippen LogP contribution in [0, 0.1) is 5.92 Å². The number of carbonyl (C=O) groups excluding carboxylic acids is 2. The lowest BCUT2D eigenvalue weighted by Crippen LogP contribution is -2.26. The van der Waals surface area contributed by atoms with Crippen LogP contribution in [-0.2, 0) is 9.59 Å². The second kappa shape index (κ2) is 5.77. The van der Waals surface area contributed by atoms with E-state index in [1.54, 1.807) is 36.3 Å². The van der Waals surface area contributed by atoms with E-state index in [0.717, 1.165) is 0 Å². The maximum atomic E-state index is 12.1. The van der Waals surface area contributed by atoms with Crippen LogP contribution in [0.15, 0.2) is 30.9 Å². The Morgan fingerprint density at radius 3 is 2.85 bits per heavy atom. The third-order valence-electron chi connectivity index (χ3n) is 3.29. The minimum atomic E-state index is -0.177. The van der Waals surface area contributed by atoms with Crippen molar-refractivity contribution in [1.29, 1.82) is 0 Å². The number of nitrogens with one attached hydrogen (secondary N) is 1. The first kappa shape index (κ1) is 14.1. The van der Waals surface area contributed by atoms with Crippen molar-refractivity contribution >= 4 is 23.2 Å². The summed E-state index contributed by atoms with van der Waals surface area (Å²) in [5.74, 6) is 0.626. The standard InChI is InChI=1S/C15H18N2O3/c1-4-11-7-15(19)17(9-11)14-8-12(20-3)5-6-13(14)16-10(2)18/h4-6,8,11H,1,7,9H2,2-3H3,(H,16,18). The van der Waals surface area contributed by atoms with Gasteiger partial charge >= 0.3 is 0 Å². The van der Waals surface area contributed by atoms with Crippen molar-refractivity contribution < 1.29 is 14.3 Å². The van der Waals surface area contributed by atoms with Gasteiger partial charge in [0.1, 0.15) is 5.75 Å². The monoisotopic (exact) mass is 274 g/mol. The molecule has 1 aliphatic rings.